The van der Waals surface area contributed by atoms with E-state index in [0.717, 1.165) is 17.1 Å². The number of benzene rings is 1. The average Bonchev–Trinajstić information content (AvgIpc) is 2.89. The van der Waals surface area contributed by atoms with Crippen LogP contribution >= 0.6 is 35.0 Å². The van der Waals surface area contributed by atoms with Gasteiger partial charge in [-0.1, -0.05) is 41.0 Å². The molecule has 3 rings (SSSR count). The van der Waals surface area contributed by atoms with E-state index in [4.69, 9.17) is 32.7 Å². The van der Waals surface area contributed by atoms with Crippen molar-refractivity contribution in [2.24, 2.45) is 0 Å². The van der Waals surface area contributed by atoms with Crippen LogP contribution in [-0.4, -0.2) is 16.8 Å². The Morgan fingerprint density at radius 2 is 1.85 bits per heavy atom. The first-order valence-electron chi connectivity index (χ1n) is 5.84. The first-order chi connectivity index (χ1) is 9.63. The highest BCUT2D eigenvalue weighted by Crippen LogP contribution is 2.34. The van der Waals surface area contributed by atoms with E-state index in [1.165, 1.54) is 11.8 Å². The monoisotopic (exact) mass is 328 g/mol. The first kappa shape index (κ1) is 13.8. The third kappa shape index (κ3) is 2.80. The molecule has 0 amide bonds. The lowest BCUT2D eigenvalue weighted by atomic mass is 10.2. The van der Waals surface area contributed by atoms with Gasteiger partial charge in [-0.05, 0) is 24.6 Å². The van der Waals surface area contributed by atoms with Gasteiger partial charge in [-0.3, -0.25) is 0 Å². The number of hydrogen-bond acceptors (Lipinski definition) is 5. The van der Waals surface area contributed by atoms with Crippen LogP contribution in [-0.2, 0) is 5.75 Å². The molecule has 20 heavy (non-hydrogen) atoms. The fraction of sp³-hybridized carbons (Fsp3) is 0.231. The predicted octanol–water partition coefficient (Wildman–Crippen LogP) is 4.11. The first-order valence-corrected chi connectivity index (χ1v) is 7.58. The largest absolute Gasteiger partial charge is 0.454 e. The normalized spacial score (nSPS) is 12.8. The second kappa shape index (κ2) is 5.68. The molecular weight excluding hydrogens is 319 g/mol. The minimum Gasteiger partial charge on any atom is -0.454 e. The SMILES string of the molecule is Cc1c(Cl)nc(SCc2ccc3c(c2)OCO3)nc1Cl. The number of halogens is 2. The Bertz CT molecular complexity index is 644. The minimum absolute atomic E-state index is 0.276. The third-order valence-corrected chi connectivity index (χ3v) is 4.47. The molecule has 0 aliphatic carbocycles. The van der Waals surface area contributed by atoms with Gasteiger partial charge in [-0.2, -0.15) is 0 Å². The molecule has 4 nitrogen and oxygen atoms in total. The van der Waals surface area contributed by atoms with Gasteiger partial charge in [0.2, 0.25) is 6.79 Å². The summed E-state index contributed by atoms with van der Waals surface area (Å²) in [5.41, 5.74) is 1.79. The van der Waals surface area contributed by atoms with Crippen molar-refractivity contribution in [3.8, 4) is 11.5 Å². The smallest absolute Gasteiger partial charge is 0.231 e. The lowest BCUT2D eigenvalue weighted by Crippen LogP contribution is -1.93. The summed E-state index contributed by atoms with van der Waals surface area (Å²) in [5, 5.41) is 1.33. The van der Waals surface area contributed by atoms with Crippen molar-refractivity contribution < 1.29 is 9.47 Å². The second-order valence-corrected chi connectivity index (χ2v) is 5.85. The van der Waals surface area contributed by atoms with Crippen molar-refractivity contribution >= 4 is 35.0 Å². The summed E-state index contributed by atoms with van der Waals surface area (Å²) in [6.45, 7) is 2.06. The molecule has 2 heterocycles. The standard InChI is InChI=1S/C13H10Cl2N2O2S/c1-7-11(14)16-13(17-12(7)15)20-5-8-2-3-9-10(4-8)19-6-18-9/h2-4H,5-6H2,1H3. The van der Waals surface area contributed by atoms with Crippen molar-refractivity contribution in [1.29, 1.82) is 0 Å². The number of nitrogens with zero attached hydrogens (tertiary/aromatic N) is 2. The van der Waals surface area contributed by atoms with Crippen LogP contribution in [0.5, 0.6) is 11.5 Å². The summed E-state index contributed by atoms with van der Waals surface area (Å²) in [6, 6.07) is 5.83. The molecule has 104 valence electrons. The highest BCUT2D eigenvalue weighted by atomic mass is 35.5. The Kier molecular flexibility index (Phi) is 3.92. The predicted molar refractivity (Wildman–Crippen MR) is 78.9 cm³/mol. The van der Waals surface area contributed by atoms with Crippen molar-refractivity contribution in [3.63, 3.8) is 0 Å². The summed E-state index contributed by atoms with van der Waals surface area (Å²) in [4.78, 5) is 8.40. The molecule has 2 aromatic rings. The molecule has 0 saturated carbocycles. The summed E-state index contributed by atoms with van der Waals surface area (Å²) < 4.78 is 10.6. The molecule has 0 bridgehead atoms. The van der Waals surface area contributed by atoms with Crippen LogP contribution in [0.15, 0.2) is 23.4 Å². The van der Waals surface area contributed by atoms with E-state index in [0.29, 0.717) is 26.8 Å². The van der Waals surface area contributed by atoms with Crippen molar-refractivity contribution in [2.45, 2.75) is 17.8 Å². The Morgan fingerprint density at radius 1 is 1.15 bits per heavy atom. The van der Waals surface area contributed by atoms with Gasteiger partial charge in [0.05, 0.1) is 0 Å². The quantitative estimate of drug-likeness (QED) is 0.482. The highest BCUT2D eigenvalue weighted by molar-refractivity contribution is 7.98. The molecule has 0 spiro atoms. The maximum atomic E-state index is 5.99. The fourth-order valence-corrected chi connectivity index (χ4v) is 2.96. The Labute approximate surface area is 130 Å². The van der Waals surface area contributed by atoms with Gasteiger partial charge in [-0.25, -0.2) is 9.97 Å². The number of fused-ring (bicyclic) bond motifs is 1. The molecule has 1 aliphatic rings. The third-order valence-electron chi connectivity index (χ3n) is 2.81. The second-order valence-electron chi connectivity index (χ2n) is 4.19. The number of ether oxygens (including phenoxy) is 2. The molecule has 1 aromatic heterocycles. The average molecular weight is 329 g/mol. The van der Waals surface area contributed by atoms with E-state index in [1.54, 1.807) is 6.92 Å². The van der Waals surface area contributed by atoms with Gasteiger partial charge in [0.1, 0.15) is 10.3 Å². The van der Waals surface area contributed by atoms with E-state index in [2.05, 4.69) is 9.97 Å². The molecule has 0 radical (unpaired) electrons. The van der Waals surface area contributed by atoms with Crippen molar-refractivity contribution in [2.75, 3.05) is 6.79 Å². The van der Waals surface area contributed by atoms with Gasteiger partial charge in [-0.15, -0.1) is 0 Å². The van der Waals surface area contributed by atoms with Crippen LogP contribution in [0.2, 0.25) is 10.3 Å². The Morgan fingerprint density at radius 3 is 2.60 bits per heavy atom. The van der Waals surface area contributed by atoms with Gasteiger partial charge in [0.25, 0.3) is 0 Å². The summed E-state index contributed by atoms with van der Waals surface area (Å²) in [7, 11) is 0. The molecule has 0 saturated heterocycles. The van der Waals surface area contributed by atoms with Crippen LogP contribution < -0.4 is 9.47 Å². The van der Waals surface area contributed by atoms with Crippen LogP contribution in [0.4, 0.5) is 0 Å². The number of hydrogen-bond donors (Lipinski definition) is 0. The van der Waals surface area contributed by atoms with Crippen LogP contribution in [0.3, 0.4) is 0 Å². The fourth-order valence-electron chi connectivity index (χ4n) is 1.69. The van der Waals surface area contributed by atoms with Crippen LogP contribution in [0.1, 0.15) is 11.1 Å². The Balaban J connectivity index is 1.73. The maximum absolute atomic E-state index is 5.99. The lowest BCUT2D eigenvalue weighted by molar-refractivity contribution is 0.174. The molecule has 1 aliphatic heterocycles. The maximum Gasteiger partial charge on any atom is 0.231 e. The molecule has 0 N–H and O–H groups in total. The molecule has 1 aromatic carbocycles. The number of rotatable bonds is 3. The zero-order valence-corrected chi connectivity index (χ0v) is 12.8. The highest BCUT2D eigenvalue weighted by Gasteiger charge is 2.14. The van der Waals surface area contributed by atoms with E-state index >= 15 is 0 Å². The molecule has 7 heteroatoms. The topological polar surface area (TPSA) is 44.2 Å². The van der Waals surface area contributed by atoms with Gasteiger partial charge in [0, 0.05) is 11.3 Å². The number of aromatic nitrogens is 2. The summed E-state index contributed by atoms with van der Waals surface area (Å²) >= 11 is 13.5. The Hall–Kier alpha value is -1.17. The van der Waals surface area contributed by atoms with E-state index in [-0.39, 0.29) is 6.79 Å². The molecule has 0 unspecified atom stereocenters. The minimum atomic E-state index is 0.276. The van der Waals surface area contributed by atoms with Crippen molar-refractivity contribution in [3.05, 3.63) is 39.6 Å². The summed E-state index contributed by atoms with van der Waals surface area (Å²) in [6.07, 6.45) is 0. The van der Waals surface area contributed by atoms with E-state index in [1.807, 2.05) is 18.2 Å². The molecule has 0 fully saturated rings. The number of thioether (sulfide) groups is 1. The van der Waals surface area contributed by atoms with Crippen LogP contribution in [0.25, 0.3) is 0 Å². The van der Waals surface area contributed by atoms with Gasteiger partial charge < -0.3 is 9.47 Å². The van der Waals surface area contributed by atoms with Crippen LogP contribution in [0, 0.1) is 6.92 Å². The zero-order chi connectivity index (χ0) is 14.1. The molecule has 0 atom stereocenters. The summed E-state index contributed by atoms with van der Waals surface area (Å²) in [5.74, 6) is 2.24. The van der Waals surface area contributed by atoms with Gasteiger partial charge in [0.15, 0.2) is 16.7 Å². The lowest BCUT2D eigenvalue weighted by Gasteiger charge is -2.05. The van der Waals surface area contributed by atoms with Gasteiger partial charge >= 0.3 is 0 Å². The zero-order valence-electron chi connectivity index (χ0n) is 10.5. The molecular formula is C13H10Cl2N2O2S. The van der Waals surface area contributed by atoms with E-state index < -0.39 is 0 Å². The van der Waals surface area contributed by atoms with E-state index in [9.17, 15) is 0 Å². The van der Waals surface area contributed by atoms with Crippen molar-refractivity contribution in [1.82, 2.24) is 9.97 Å².